The zero-order chi connectivity index (χ0) is 17.5. The van der Waals surface area contributed by atoms with Crippen molar-refractivity contribution < 1.29 is 9.52 Å². The van der Waals surface area contributed by atoms with E-state index in [1.807, 2.05) is 25.1 Å². The number of guanidine groups is 1. The van der Waals surface area contributed by atoms with Crippen LogP contribution in [0.5, 0.6) is 5.75 Å². The lowest BCUT2D eigenvalue weighted by molar-refractivity contribution is 0.465. The quantitative estimate of drug-likeness (QED) is 0.558. The molecular weight excluding hydrogens is 314 g/mol. The van der Waals surface area contributed by atoms with Gasteiger partial charge in [0.15, 0.2) is 5.96 Å². The maximum atomic E-state index is 10.3. The Kier molecular flexibility index (Phi) is 5.99. The zero-order valence-corrected chi connectivity index (χ0v) is 14.8. The molecule has 0 spiro atoms. The second kappa shape index (κ2) is 8.60. The molecule has 3 rings (SSSR count). The number of fused-ring (bicyclic) bond motifs is 1. The van der Waals surface area contributed by atoms with Gasteiger partial charge in [0.2, 0.25) is 0 Å². The zero-order valence-electron chi connectivity index (χ0n) is 14.8. The third kappa shape index (κ3) is 4.56. The minimum absolute atomic E-state index is 0.357. The highest BCUT2D eigenvalue weighted by molar-refractivity contribution is 5.79. The van der Waals surface area contributed by atoms with Gasteiger partial charge < -0.3 is 20.2 Å². The molecule has 5 nitrogen and oxygen atoms in total. The third-order valence-electron chi connectivity index (χ3n) is 4.61. The Bertz CT molecular complexity index is 708. The van der Waals surface area contributed by atoms with Crippen LogP contribution in [0.15, 0.2) is 39.9 Å². The number of nitrogens with zero attached hydrogens (tertiary/aromatic N) is 1. The number of benzene rings is 1. The van der Waals surface area contributed by atoms with Gasteiger partial charge in [0.1, 0.15) is 11.5 Å². The topological polar surface area (TPSA) is 69.8 Å². The van der Waals surface area contributed by atoms with Gasteiger partial charge >= 0.3 is 0 Å². The number of hydrogen-bond acceptors (Lipinski definition) is 3. The largest absolute Gasteiger partial charge is 0.508 e. The van der Waals surface area contributed by atoms with E-state index >= 15 is 0 Å². The highest BCUT2D eigenvalue weighted by Crippen LogP contribution is 2.30. The smallest absolute Gasteiger partial charge is 0.191 e. The molecule has 2 aromatic rings. The van der Waals surface area contributed by atoms with E-state index in [1.165, 1.54) is 24.0 Å². The number of aliphatic imine (C=N–C) groups is 1. The minimum Gasteiger partial charge on any atom is -0.508 e. The van der Waals surface area contributed by atoms with Crippen LogP contribution < -0.4 is 10.6 Å². The normalized spacial score (nSPS) is 14.2. The van der Waals surface area contributed by atoms with Crippen LogP contribution in [0.2, 0.25) is 0 Å². The molecule has 25 heavy (non-hydrogen) atoms. The van der Waals surface area contributed by atoms with E-state index in [0.717, 1.165) is 49.6 Å². The summed E-state index contributed by atoms with van der Waals surface area (Å²) in [6.45, 7) is 4.08. The molecule has 0 radical (unpaired) electrons. The first-order valence-corrected chi connectivity index (χ1v) is 9.15. The van der Waals surface area contributed by atoms with Gasteiger partial charge in [-0.25, -0.2) is 4.99 Å². The number of aryl methyl sites for hydroxylation is 1. The molecule has 0 atom stereocenters. The predicted octanol–water partition coefficient (Wildman–Crippen LogP) is 3.16. The number of rotatable bonds is 6. The summed E-state index contributed by atoms with van der Waals surface area (Å²) in [5.74, 6) is 2.08. The molecule has 3 N–H and O–H groups in total. The van der Waals surface area contributed by atoms with Gasteiger partial charge in [-0.1, -0.05) is 6.07 Å². The van der Waals surface area contributed by atoms with Gasteiger partial charge in [-0.05, 0) is 61.9 Å². The molecule has 1 aliphatic rings. The molecule has 0 saturated heterocycles. The van der Waals surface area contributed by atoms with Gasteiger partial charge in [0, 0.05) is 25.1 Å². The Morgan fingerprint density at radius 2 is 2.08 bits per heavy atom. The van der Waals surface area contributed by atoms with Crippen molar-refractivity contribution >= 4 is 5.96 Å². The molecule has 1 aliphatic carbocycles. The Morgan fingerprint density at radius 1 is 1.20 bits per heavy atom. The summed E-state index contributed by atoms with van der Waals surface area (Å²) in [5.41, 5.74) is 3.63. The maximum Gasteiger partial charge on any atom is 0.191 e. The number of phenolic OH excluding ortho intramolecular Hbond substituents is 1. The predicted molar refractivity (Wildman–Crippen MR) is 100.0 cm³/mol. The standard InChI is InChI=1S/C20H27N3O2/c1-2-21-20(22-12-11-16-7-5-13-25-16)23-14-18-17-8-4-3-6-15(17)9-10-19(18)24/h5,7,9-10,13,24H,2-4,6,8,11-12,14H2,1H3,(H2,21,22,23). The van der Waals surface area contributed by atoms with Crippen LogP contribution in [0.1, 0.15) is 42.2 Å². The van der Waals surface area contributed by atoms with Crippen LogP contribution in [-0.2, 0) is 25.8 Å². The Hall–Kier alpha value is -2.43. The van der Waals surface area contributed by atoms with Crippen molar-refractivity contribution in [3.8, 4) is 5.75 Å². The van der Waals surface area contributed by atoms with E-state index in [9.17, 15) is 5.11 Å². The van der Waals surface area contributed by atoms with Gasteiger partial charge in [-0.3, -0.25) is 0 Å². The van der Waals surface area contributed by atoms with Crippen molar-refractivity contribution in [1.82, 2.24) is 10.6 Å². The molecular formula is C20H27N3O2. The molecule has 0 aliphatic heterocycles. The first kappa shape index (κ1) is 17.4. The molecule has 0 saturated carbocycles. The Labute approximate surface area is 149 Å². The van der Waals surface area contributed by atoms with Gasteiger partial charge in [-0.15, -0.1) is 0 Å². The fraction of sp³-hybridized carbons (Fsp3) is 0.450. The van der Waals surface area contributed by atoms with Gasteiger partial charge in [0.05, 0.1) is 12.8 Å². The number of nitrogens with one attached hydrogen (secondary N) is 2. The van der Waals surface area contributed by atoms with E-state index in [-0.39, 0.29) is 0 Å². The molecule has 5 heteroatoms. The average molecular weight is 341 g/mol. The summed E-state index contributed by atoms with van der Waals surface area (Å²) in [6, 6.07) is 7.74. The minimum atomic E-state index is 0.357. The Morgan fingerprint density at radius 3 is 2.88 bits per heavy atom. The van der Waals surface area contributed by atoms with Crippen LogP contribution in [-0.4, -0.2) is 24.2 Å². The molecule has 0 fully saturated rings. The molecule has 134 valence electrons. The SMILES string of the molecule is CCNC(=NCc1c(O)ccc2c1CCCC2)NCCc1ccco1. The van der Waals surface area contributed by atoms with E-state index < -0.39 is 0 Å². The van der Waals surface area contributed by atoms with Crippen molar-refractivity contribution in [1.29, 1.82) is 0 Å². The monoisotopic (exact) mass is 341 g/mol. The fourth-order valence-corrected chi connectivity index (χ4v) is 3.33. The van der Waals surface area contributed by atoms with E-state index in [0.29, 0.717) is 12.3 Å². The summed E-state index contributed by atoms with van der Waals surface area (Å²) in [5, 5.41) is 16.9. The number of aromatic hydroxyl groups is 1. The van der Waals surface area contributed by atoms with Crippen LogP contribution in [0, 0.1) is 0 Å². The first-order chi connectivity index (χ1) is 12.3. The number of furan rings is 1. The van der Waals surface area contributed by atoms with E-state index in [4.69, 9.17) is 4.42 Å². The Balaban J connectivity index is 1.66. The highest BCUT2D eigenvalue weighted by atomic mass is 16.3. The summed E-state index contributed by atoms with van der Waals surface area (Å²) >= 11 is 0. The van der Waals surface area contributed by atoms with Crippen molar-refractivity contribution in [3.05, 3.63) is 53.0 Å². The molecule has 1 aromatic carbocycles. The third-order valence-corrected chi connectivity index (χ3v) is 4.61. The molecule has 0 bridgehead atoms. The molecule has 0 amide bonds. The van der Waals surface area contributed by atoms with Crippen molar-refractivity contribution in [2.75, 3.05) is 13.1 Å². The number of phenols is 1. The average Bonchev–Trinajstić information content (AvgIpc) is 3.14. The molecule has 0 unspecified atom stereocenters. The van der Waals surface area contributed by atoms with Crippen molar-refractivity contribution in [3.63, 3.8) is 0 Å². The van der Waals surface area contributed by atoms with Crippen LogP contribution in [0.25, 0.3) is 0 Å². The lowest BCUT2D eigenvalue weighted by Crippen LogP contribution is -2.38. The fourth-order valence-electron chi connectivity index (χ4n) is 3.33. The second-order valence-electron chi connectivity index (χ2n) is 6.36. The summed E-state index contributed by atoms with van der Waals surface area (Å²) in [6.07, 6.45) is 7.07. The molecule has 1 aromatic heterocycles. The highest BCUT2D eigenvalue weighted by Gasteiger charge is 2.16. The summed E-state index contributed by atoms with van der Waals surface area (Å²) in [7, 11) is 0. The van der Waals surface area contributed by atoms with Gasteiger partial charge in [0.25, 0.3) is 0 Å². The number of hydrogen-bond donors (Lipinski definition) is 3. The second-order valence-corrected chi connectivity index (χ2v) is 6.36. The van der Waals surface area contributed by atoms with Gasteiger partial charge in [-0.2, -0.15) is 0 Å². The lowest BCUT2D eigenvalue weighted by atomic mass is 9.88. The van der Waals surface area contributed by atoms with E-state index in [2.05, 4.69) is 21.7 Å². The summed E-state index contributed by atoms with van der Waals surface area (Å²) in [4.78, 5) is 4.68. The lowest BCUT2D eigenvalue weighted by Gasteiger charge is -2.20. The van der Waals surface area contributed by atoms with Crippen LogP contribution >= 0.6 is 0 Å². The van der Waals surface area contributed by atoms with Crippen molar-refractivity contribution in [2.45, 2.75) is 45.6 Å². The molecule has 1 heterocycles. The first-order valence-electron chi connectivity index (χ1n) is 9.15. The van der Waals surface area contributed by atoms with Crippen LogP contribution in [0.3, 0.4) is 0 Å². The van der Waals surface area contributed by atoms with E-state index in [1.54, 1.807) is 6.26 Å². The summed E-state index contributed by atoms with van der Waals surface area (Å²) < 4.78 is 5.35. The van der Waals surface area contributed by atoms with Crippen molar-refractivity contribution in [2.24, 2.45) is 4.99 Å². The van der Waals surface area contributed by atoms with Crippen LogP contribution in [0.4, 0.5) is 0 Å². The maximum absolute atomic E-state index is 10.3.